The van der Waals surface area contributed by atoms with E-state index in [0.29, 0.717) is 30.7 Å². The Morgan fingerprint density at radius 2 is 1.59 bits per heavy atom. The third-order valence-corrected chi connectivity index (χ3v) is 4.04. The Labute approximate surface area is 181 Å². The molecule has 1 aromatic rings. The maximum absolute atomic E-state index is 12.0. The second-order valence-corrected chi connectivity index (χ2v) is 6.73. The van der Waals surface area contributed by atoms with Gasteiger partial charge in [-0.15, -0.1) is 24.0 Å². The van der Waals surface area contributed by atoms with Gasteiger partial charge in [0.2, 0.25) is 0 Å². The molecule has 0 fully saturated rings. The Kier molecular flexibility index (Phi) is 13.9. The van der Waals surface area contributed by atoms with Crippen LogP contribution in [0.5, 0.6) is 0 Å². The summed E-state index contributed by atoms with van der Waals surface area (Å²) in [5.41, 5.74) is 0.676. The van der Waals surface area contributed by atoms with Crippen molar-refractivity contribution in [1.82, 2.24) is 20.9 Å². The van der Waals surface area contributed by atoms with Gasteiger partial charge in [0.1, 0.15) is 0 Å². The number of nitrogens with one attached hydrogen (secondary N) is 3. The predicted molar refractivity (Wildman–Crippen MR) is 125 cm³/mol. The highest BCUT2D eigenvalue weighted by molar-refractivity contribution is 14.0. The average Bonchev–Trinajstić information content (AvgIpc) is 2.61. The van der Waals surface area contributed by atoms with Gasteiger partial charge in [-0.2, -0.15) is 0 Å². The van der Waals surface area contributed by atoms with Crippen LogP contribution in [0.2, 0.25) is 0 Å². The molecule has 0 spiro atoms. The zero-order valence-corrected chi connectivity index (χ0v) is 19.6. The van der Waals surface area contributed by atoms with Crippen LogP contribution in [0.15, 0.2) is 35.3 Å². The Balaban J connectivity index is 0.00000676. The maximum Gasteiger partial charge on any atom is 0.251 e. The number of nitrogens with zero attached hydrogens (tertiary/aromatic N) is 2. The normalized spacial score (nSPS) is 11.5. The van der Waals surface area contributed by atoms with Crippen molar-refractivity contribution < 1.29 is 4.79 Å². The molecule has 0 aromatic heterocycles. The summed E-state index contributed by atoms with van der Waals surface area (Å²) >= 11 is 0. The molecule has 154 valence electrons. The number of carbonyl (C=O) groups is 1. The molecule has 0 aliphatic heterocycles. The van der Waals surface area contributed by atoms with Crippen molar-refractivity contribution in [1.29, 1.82) is 0 Å². The van der Waals surface area contributed by atoms with E-state index in [0.717, 1.165) is 25.6 Å². The van der Waals surface area contributed by atoms with Gasteiger partial charge in [0.15, 0.2) is 5.96 Å². The fourth-order valence-corrected chi connectivity index (χ4v) is 2.78. The first-order chi connectivity index (χ1) is 12.5. The standard InChI is InChI=1S/C20H35N5O.HI/c1-6-21-20(24-14-15-25(16(2)3)17(4)5)23-13-12-22-19(26)18-10-8-7-9-11-18;/h7-11,16-17H,6,12-15H2,1-5H3,(H,22,26)(H2,21,23,24);1H. The van der Waals surface area contributed by atoms with Gasteiger partial charge in [-0.05, 0) is 46.8 Å². The second kappa shape index (κ2) is 14.7. The van der Waals surface area contributed by atoms with Crippen LogP contribution in [-0.2, 0) is 0 Å². The van der Waals surface area contributed by atoms with E-state index in [1.54, 1.807) is 0 Å². The number of benzene rings is 1. The molecule has 0 saturated carbocycles. The summed E-state index contributed by atoms with van der Waals surface area (Å²) in [6.45, 7) is 14.5. The van der Waals surface area contributed by atoms with Crippen LogP contribution in [0.3, 0.4) is 0 Å². The topological polar surface area (TPSA) is 68.8 Å². The lowest BCUT2D eigenvalue weighted by molar-refractivity contribution is 0.0954. The highest BCUT2D eigenvalue weighted by Gasteiger charge is 2.12. The first-order valence-corrected chi connectivity index (χ1v) is 9.56. The summed E-state index contributed by atoms with van der Waals surface area (Å²) in [5.74, 6) is 0.729. The fourth-order valence-electron chi connectivity index (χ4n) is 2.78. The van der Waals surface area contributed by atoms with Gasteiger partial charge >= 0.3 is 0 Å². The molecule has 0 unspecified atom stereocenters. The summed E-state index contributed by atoms with van der Waals surface area (Å²) in [6.07, 6.45) is 0. The molecule has 1 aromatic carbocycles. The van der Waals surface area contributed by atoms with E-state index in [1.807, 2.05) is 37.3 Å². The van der Waals surface area contributed by atoms with Crippen molar-refractivity contribution in [3.8, 4) is 0 Å². The number of halogens is 1. The molecule has 1 amide bonds. The molecular weight excluding hydrogens is 453 g/mol. The van der Waals surface area contributed by atoms with Crippen LogP contribution in [0.1, 0.15) is 45.0 Å². The third-order valence-electron chi connectivity index (χ3n) is 4.04. The number of aliphatic imine (C=N–C) groups is 1. The van der Waals surface area contributed by atoms with E-state index in [-0.39, 0.29) is 29.9 Å². The molecule has 1 rings (SSSR count). The molecule has 0 radical (unpaired) electrons. The average molecular weight is 489 g/mol. The van der Waals surface area contributed by atoms with Crippen LogP contribution < -0.4 is 16.0 Å². The van der Waals surface area contributed by atoms with Gasteiger partial charge in [0.25, 0.3) is 5.91 Å². The van der Waals surface area contributed by atoms with Crippen molar-refractivity contribution in [2.24, 2.45) is 4.99 Å². The monoisotopic (exact) mass is 489 g/mol. The third kappa shape index (κ3) is 10.5. The number of hydrogen-bond donors (Lipinski definition) is 3. The van der Waals surface area contributed by atoms with Gasteiger partial charge < -0.3 is 16.0 Å². The SMILES string of the molecule is CCNC(=NCCN(C(C)C)C(C)C)NCCNC(=O)c1ccccc1.I. The van der Waals surface area contributed by atoms with Crippen molar-refractivity contribution >= 4 is 35.8 Å². The lowest BCUT2D eigenvalue weighted by Crippen LogP contribution is -2.42. The number of hydrogen-bond acceptors (Lipinski definition) is 3. The number of guanidine groups is 1. The molecular formula is C20H36IN5O. The fraction of sp³-hybridized carbons (Fsp3) is 0.600. The molecule has 0 heterocycles. The van der Waals surface area contributed by atoms with Crippen molar-refractivity contribution in [3.63, 3.8) is 0 Å². The number of carbonyl (C=O) groups excluding carboxylic acids is 1. The quantitative estimate of drug-likeness (QED) is 0.205. The van der Waals surface area contributed by atoms with E-state index in [2.05, 4.69) is 53.5 Å². The maximum atomic E-state index is 12.0. The molecule has 6 nitrogen and oxygen atoms in total. The molecule has 0 aliphatic rings. The van der Waals surface area contributed by atoms with Crippen molar-refractivity contribution in [2.45, 2.75) is 46.7 Å². The van der Waals surface area contributed by atoms with Crippen LogP contribution >= 0.6 is 24.0 Å². The van der Waals surface area contributed by atoms with Gasteiger partial charge in [0.05, 0.1) is 6.54 Å². The Bertz CT molecular complexity index is 541. The molecule has 3 N–H and O–H groups in total. The first kappa shape index (κ1) is 25.6. The van der Waals surface area contributed by atoms with Crippen LogP contribution in [0, 0.1) is 0 Å². The van der Waals surface area contributed by atoms with Crippen molar-refractivity contribution in [3.05, 3.63) is 35.9 Å². The van der Waals surface area contributed by atoms with Gasteiger partial charge in [-0.25, -0.2) is 0 Å². The number of rotatable bonds is 10. The minimum absolute atomic E-state index is 0. The minimum atomic E-state index is -0.0566. The summed E-state index contributed by atoms with van der Waals surface area (Å²) < 4.78 is 0. The lowest BCUT2D eigenvalue weighted by Gasteiger charge is -2.29. The van der Waals surface area contributed by atoms with Crippen molar-refractivity contribution in [2.75, 3.05) is 32.7 Å². The summed E-state index contributed by atoms with van der Waals surface area (Å²) in [7, 11) is 0. The smallest absolute Gasteiger partial charge is 0.251 e. The molecule has 7 heteroatoms. The predicted octanol–water partition coefficient (Wildman–Crippen LogP) is 2.71. The Hall–Kier alpha value is -1.35. The van der Waals surface area contributed by atoms with E-state index in [1.165, 1.54) is 0 Å². The highest BCUT2D eigenvalue weighted by Crippen LogP contribution is 2.03. The molecule has 0 saturated heterocycles. The Morgan fingerprint density at radius 1 is 1.00 bits per heavy atom. The van der Waals surface area contributed by atoms with E-state index in [9.17, 15) is 4.79 Å². The van der Waals surface area contributed by atoms with Crippen LogP contribution in [0.4, 0.5) is 0 Å². The molecule has 27 heavy (non-hydrogen) atoms. The van der Waals surface area contributed by atoms with E-state index < -0.39 is 0 Å². The minimum Gasteiger partial charge on any atom is -0.357 e. The zero-order chi connectivity index (χ0) is 19.4. The van der Waals surface area contributed by atoms with Gasteiger partial charge in [0, 0.05) is 43.8 Å². The summed E-state index contributed by atoms with van der Waals surface area (Å²) in [4.78, 5) is 19.1. The Morgan fingerprint density at radius 3 is 2.15 bits per heavy atom. The summed E-state index contributed by atoms with van der Waals surface area (Å²) in [5, 5.41) is 9.42. The second-order valence-electron chi connectivity index (χ2n) is 6.73. The first-order valence-electron chi connectivity index (χ1n) is 9.56. The zero-order valence-electron chi connectivity index (χ0n) is 17.3. The molecule has 0 bridgehead atoms. The molecule has 0 atom stereocenters. The highest BCUT2D eigenvalue weighted by atomic mass is 127. The van der Waals surface area contributed by atoms with Crippen LogP contribution in [-0.4, -0.2) is 61.6 Å². The summed E-state index contributed by atoms with van der Waals surface area (Å²) in [6, 6.07) is 10.3. The van der Waals surface area contributed by atoms with Gasteiger partial charge in [-0.3, -0.25) is 14.7 Å². The number of amides is 1. The van der Waals surface area contributed by atoms with E-state index >= 15 is 0 Å². The van der Waals surface area contributed by atoms with Gasteiger partial charge in [-0.1, -0.05) is 18.2 Å². The van der Waals surface area contributed by atoms with E-state index in [4.69, 9.17) is 0 Å². The largest absolute Gasteiger partial charge is 0.357 e. The molecule has 0 aliphatic carbocycles. The van der Waals surface area contributed by atoms with Crippen LogP contribution in [0.25, 0.3) is 0 Å². The lowest BCUT2D eigenvalue weighted by atomic mass is 10.2.